The Labute approximate surface area is 338 Å². The highest BCUT2D eigenvalue weighted by Gasteiger charge is 2.62. The SMILES string of the molecule is CN1CCCC1CCNC(=O)C1=CN2C3CC4OC5CCCCC5C4CC3OC3C(N4CC[C@@H](NC(=O)CCNCCCN5CCOCC5)C4)C(F)CC(C1=O)C32. The van der Waals surface area contributed by atoms with Crippen LogP contribution in [0, 0.1) is 17.8 Å². The van der Waals surface area contributed by atoms with Crippen LogP contribution in [0.4, 0.5) is 4.39 Å². The number of amides is 2. The molecule has 57 heavy (non-hydrogen) atoms. The molecular weight excluding hydrogens is 730 g/mol. The Hall–Kier alpha value is -2.20. The molecule has 0 aromatic rings. The minimum atomic E-state index is -1.29. The summed E-state index contributed by atoms with van der Waals surface area (Å²) in [5.74, 6) is -0.261. The fraction of sp³-hybridized carbons (Fsp3) is 0.884. The highest BCUT2D eigenvalue weighted by Crippen LogP contribution is 2.53. The highest BCUT2D eigenvalue weighted by molar-refractivity contribution is 6.20. The number of nitrogens with zero attached hydrogens (tertiary/aromatic N) is 4. The third kappa shape index (κ3) is 8.44. The van der Waals surface area contributed by atoms with Crippen LogP contribution in [0.5, 0.6) is 0 Å². The first-order valence-electron chi connectivity index (χ1n) is 22.8. The summed E-state index contributed by atoms with van der Waals surface area (Å²) in [6.07, 6.45) is 12.2. The standard InChI is InChI=1S/C43H68FN7O6/c1-48-15-4-6-28(48)9-14-46-43(54)32-26-51-34-24-36-30(29-7-2-3-8-35(29)56-36)23-37(34)57-42-39(51)31(41(32)53)22-33(44)40(42)50-17-11-27(25-50)47-38(52)10-13-45-12-5-16-49-18-20-55-21-19-49/h26-31,33-37,39-40,42,45H,2-25H2,1H3,(H,46,54)(H,47,52)/t27-,28?,29?,30?,31?,33?,34?,35?,36?,37?,39?,40?,42?/m1/s1. The van der Waals surface area contributed by atoms with E-state index < -0.39 is 24.2 Å². The largest absolute Gasteiger partial charge is 0.379 e. The van der Waals surface area contributed by atoms with Crippen LogP contribution in [0.3, 0.4) is 0 Å². The van der Waals surface area contributed by atoms with E-state index >= 15 is 4.39 Å². The van der Waals surface area contributed by atoms with Gasteiger partial charge in [-0.3, -0.25) is 24.2 Å². The summed E-state index contributed by atoms with van der Waals surface area (Å²) in [5.41, 5.74) is 0.166. The highest BCUT2D eigenvalue weighted by atomic mass is 19.1. The van der Waals surface area contributed by atoms with Crippen molar-refractivity contribution in [1.82, 2.24) is 35.6 Å². The van der Waals surface area contributed by atoms with E-state index in [0.29, 0.717) is 56.6 Å². The number of carbonyl (C=O) groups is 3. The van der Waals surface area contributed by atoms with Gasteiger partial charge in [0.2, 0.25) is 5.91 Å². The van der Waals surface area contributed by atoms with E-state index in [9.17, 15) is 14.4 Å². The van der Waals surface area contributed by atoms with Crippen LogP contribution in [0.25, 0.3) is 0 Å². The zero-order valence-electron chi connectivity index (χ0n) is 34.2. The van der Waals surface area contributed by atoms with E-state index in [4.69, 9.17) is 14.2 Å². The Morgan fingerprint density at radius 1 is 0.877 bits per heavy atom. The Bertz CT molecular complexity index is 1480. The molecule has 0 spiro atoms. The van der Waals surface area contributed by atoms with Gasteiger partial charge >= 0.3 is 0 Å². The number of fused-ring (bicyclic) bond motifs is 5. The fourth-order valence-corrected chi connectivity index (χ4v) is 12.6. The molecule has 13 atom stereocenters. The minimum Gasteiger partial charge on any atom is -0.379 e. The first kappa shape index (κ1) is 40.2. The summed E-state index contributed by atoms with van der Waals surface area (Å²) in [7, 11) is 2.13. The van der Waals surface area contributed by atoms with Crippen LogP contribution in [-0.4, -0.2) is 177 Å². The summed E-state index contributed by atoms with van der Waals surface area (Å²) in [4.78, 5) is 50.4. The van der Waals surface area contributed by atoms with E-state index in [-0.39, 0.29) is 59.9 Å². The number of Topliss-reactive ketones (excluding diaryl/α,β-unsaturated/α-hetero) is 1. The van der Waals surface area contributed by atoms with Gasteiger partial charge in [-0.1, -0.05) is 12.8 Å². The molecular formula is C43H68FN7O6. The number of halogens is 1. The molecule has 0 aromatic heterocycles. The molecule has 6 heterocycles. The number of ether oxygens (including phenoxy) is 3. The molecule has 2 amide bonds. The van der Waals surface area contributed by atoms with Gasteiger partial charge in [-0.15, -0.1) is 0 Å². The van der Waals surface area contributed by atoms with Gasteiger partial charge in [0.25, 0.3) is 5.91 Å². The second-order valence-corrected chi connectivity index (χ2v) is 18.9. The van der Waals surface area contributed by atoms with Crippen molar-refractivity contribution < 1.29 is 33.0 Å². The second kappa shape index (κ2) is 17.8. The molecule has 0 bridgehead atoms. The van der Waals surface area contributed by atoms with Crippen LogP contribution >= 0.6 is 0 Å². The number of nitrogens with one attached hydrogen (secondary N) is 3. The average Bonchev–Trinajstić information content (AvgIpc) is 3.95. The van der Waals surface area contributed by atoms with E-state index in [2.05, 4.69) is 42.6 Å². The molecule has 3 saturated carbocycles. The van der Waals surface area contributed by atoms with Crippen LogP contribution in [0.1, 0.15) is 83.5 Å². The van der Waals surface area contributed by atoms with Crippen LogP contribution < -0.4 is 16.0 Å². The first-order valence-corrected chi connectivity index (χ1v) is 22.8. The van der Waals surface area contributed by atoms with Crippen molar-refractivity contribution in [3.63, 3.8) is 0 Å². The molecule has 3 N–H and O–H groups in total. The second-order valence-electron chi connectivity index (χ2n) is 18.9. The van der Waals surface area contributed by atoms with Crippen molar-refractivity contribution in [2.75, 3.05) is 79.2 Å². The molecule has 12 unspecified atom stereocenters. The molecule has 318 valence electrons. The molecule has 13 nitrogen and oxygen atoms in total. The number of carbonyl (C=O) groups excluding carboxylic acids is 3. The lowest BCUT2D eigenvalue weighted by molar-refractivity contribution is -0.220. The van der Waals surface area contributed by atoms with Gasteiger partial charge in [-0.25, -0.2) is 4.39 Å². The van der Waals surface area contributed by atoms with Gasteiger partial charge in [-0.2, -0.15) is 0 Å². The summed E-state index contributed by atoms with van der Waals surface area (Å²) >= 11 is 0. The number of hydrogen-bond acceptors (Lipinski definition) is 11. The number of morpholine rings is 2. The monoisotopic (exact) mass is 798 g/mol. The predicted molar refractivity (Wildman–Crippen MR) is 212 cm³/mol. The minimum absolute atomic E-state index is 0.0200. The maximum atomic E-state index is 16.9. The van der Waals surface area contributed by atoms with Crippen molar-refractivity contribution in [1.29, 1.82) is 0 Å². The van der Waals surface area contributed by atoms with E-state index in [0.717, 1.165) is 90.9 Å². The fourth-order valence-electron chi connectivity index (χ4n) is 12.6. The van der Waals surface area contributed by atoms with E-state index in [1.165, 1.54) is 25.7 Å². The number of likely N-dealkylation sites (tertiary alicyclic amines) is 2. The third-order valence-corrected chi connectivity index (χ3v) is 15.6. The van der Waals surface area contributed by atoms with Crippen molar-refractivity contribution in [2.24, 2.45) is 17.8 Å². The Morgan fingerprint density at radius 2 is 1.74 bits per heavy atom. The third-order valence-electron chi connectivity index (χ3n) is 15.6. The molecule has 3 aliphatic carbocycles. The number of ketones is 1. The maximum Gasteiger partial charge on any atom is 0.256 e. The smallest absolute Gasteiger partial charge is 0.256 e. The zero-order valence-corrected chi connectivity index (χ0v) is 34.2. The molecule has 0 radical (unpaired) electrons. The molecule has 5 saturated heterocycles. The van der Waals surface area contributed by atoms with E-state index in [1.54, 1.807) is 0 Å². The normalized spacial score (nSPS) is 40.9. The van der Waals surface area contributed by atoms with Crippen molar-refractivity contribution in [3.05, 3.63) is 11.8 Å². The Kier molecular flexibility index (Phi) is 12.6. The molecule has 0 aromatic carbocycles. The van der Waals surface area contributed by atoms with E-state index in [1.807, 2.05) is 6.20 Å². The van der Waals surface area contributed by atoms with Gasteiger partial charge in [0.1, 0.15) is 6.17 Å². The number of rotatable bonds is 13. The zero-order chi connectivity index (χ0) is 39.0. The summed E-state index contributed by atoms with van der Waals surface area (Å²) < 4.78 is 36.2. The Balaban J connectivity index is 0.862. The van der Waals surface area contributed by atoms with Gasteiger partial charge in [0, 0.05) is 69.9 Å². The first-order chi connectivity index (χ1) is 27.8. The Morgan fingerprint density at radius 3 is 2.58 bits per heavy atom. The molecule has 6 aliphatic heterocycles. The topological polar surface area (TPSA) is 128 Å². The number of hydrogen-bond donors (Lipinski definition) is 3. The maximum absolute atomic E-state index is 16.9. The lowest BCUT2D eigenvalue weighted by Crippen LogP contribution is -2.73. The van der Waals surface area contributed by atoms with Crippen molar-refractivity contribution >= 4 is 17.6 Å². The lowest BCUT2D eigenvalue weighted by Gasteiger charge is -2.61. The summed E-state index contributed by atoms with van der Waals surface area (Å²) in [6, 6.07) is -0.519. The van der Waals surface area contributed by atoms with Crippen LogP contribution in [0.2, 0.25) is 0 Å². The summed E-state index contributed by atoms with van der Waals surface area (Å²) in [6.45, 7) is 8.95. The van der Waals surface area contributed by atoms with Gasteiger partial charge in [0.05, 0.1) is 61.3 Å². The lowest BCUT2D eigenvalue weighted by atomic mass is 9.67. The van der Waals surface area contributed by atoms with Crippen molar-refractivity contribution in [3.8, 4) is 0 Å². The number of alkyl halides is 1. The van der Waals surface area contributed by atoms with Crippen molar-refractivity contribution in [2.45, 2.75) is 144 Å². The summed E-state index contributed by atoms with van der Waals surface area (Å²) in [5, 5.41) is 9.73. The molecule has 14 heteroatoms. The van der Waals surface area contributed by atoms with Gasteiger partial charge in [-0.05, 0) is 103 Å². The predicted octanol–water partition coefficient (Wildman–Crippen LogP) is 1.85. The molecule has 8 fully saturated rings. The van der Waals surface area contributed by atoms with Crippen LogP contribution in [-0.2, 0) is 28.6 Å². The van der Waals surface area contributed by atoms with Crippen LogP contribution in [0.15, 0.2) is 11.8 Å². The average molecular weight is 798 g/mol. The quantitative estimate of drug-likeness (QED) is 0.187. The molecule has 9 aliphatic rings. The van der Waals surface area contributed by atoms with Gasteiger partial charge < -0.3 is 40.0 Å². The molecule has 9 rings (SSSR count). The van der Waals surface area contributed by atoms with Gasteiger partial charge in [0.15, 0.2) is 5.78 Å².